The van der Waals surface area contributed by atoms with Crippen LogP contribution >= 0.6 is 0 Å². The van der Waals surface area contributed by atoms with Crippen LogP contribution < -0.4 is 4.90 Å². The van der Waals surface area contributed by atoms with Crippen molar-refractivity contribution >= 4 is 29.3 Å². The molecule has 3 aliphatic heterocycles. The fourth-order valence-electron chi connectivity index (χ4n) is 6.37. The molecule has 8 nitrogen and oxygen atoms in total. The zero-order valence-corrected chi connectivity index (χ0v) is 23.3. The molecule has 0 aromatic heterocycles. The predicted molar refractivity (Wildman–Crippen MR) is 149 cm³/mol. The maximum atomic E-state index is 13.7. The number of benzene rings is 2. The standard InChI is InChI=1S/C31H37FN4O4/c1-3-33(4-2)28(37)23-11-8-16-35(20-23)29(38)22-10-7-15-34(19-22)26-14-6-13-25-27(26)31(40)36(30(25)39)18-21-9-5-12-24(32)17-21/h5-6,9,12-14,17,22-23H,3-4,7-8,10-11,15-16,18-20H2,1-2H3/t22-,23-/m0/s1. The van der Waals surface area contributed by atoms with E-state index in [1.807, 2.05) is 34.6 Å². The number of hydrogen-bond donors (Lipinski definition) is 0. The second kappa shape index (κ2) is 11.8. The van der Waals surface area contributed by atoms with Crippen molar-refractivity contribution in [3.63, 3.8) is 0 Å². The van der Waals surface area contributed by atoms with E-state index in [2.05, 4.69) is 0 Å². The van der Waals surface area contributed by atoms with Gasteiger partial charge >= 0.3 is 0 Å². The van der Waals surface area contributed by atoms with Crippen LogP contribution in [-0.4, -0.2) is 77.6 Å². The maximum Gasteiger partial charge on any atom is 0.263 e. The average Bonchev–Trinajstić information content (AvgIpc) is 3.22. The number of carbonyl (C=O) groups is 4. The van der Waals surface area contributed by atoms with Crippen molar-refractivity contribution in [3.8, 4) is 0 Å². The third kappa shape index (κ3) is 5.33. The van der Waals surface area contributed by atoms with E-state index in [0.717, 1.165) is 30.6 Å². The summed E-state index contributed by atoms with van der Waals surface area (Å²) in [6.07, 6.45) is 3.14. The average molecular weight is 549 g/mol. The molecule has 3 heterocycles. The van der Waals surface area contributed by atoms with Gasteiger partial charge in [-0.2, -0.15) is 0 Å². The monoisotopic (exact) mass is 548 g/mol. The molecule has 3 aliphatic rings. The van der Waals surface area contributed by atoms with E-state index in [1.54, 1.807) is 24.3 Å². The van der Waals surface area contributed by atoms with Gasteiger partial charge in [-0.15, -0.1) is 0 Å². The third-order valence-corrected chi connectivity index (χ3v) is 8.48. The summed E-state index contributed by atoms with van der Waals surface area (Å²) in [5, 5.41) is 0. The first-order chi connectivity index (χ1) is 19.3. The van der Waals surface area contributed by atoms with E-state index in [0.29, 0.717) is 61.6 Å². The molecule has 2 aromatic carbocycles. The number of rotatable bonds is 7. The molecule has 2 aromatic rings. The van der Waals surface area contributed by atoms with Crippen molar-refractivity contribution in [2.75, 3.05) is 44.2 Å². The number of likely N-dealkylation sites (tertiary alicyclic amines) is 1. The van der Waals surface area contributed by atoms with Crippen LogP contribution in [-0.2, 0) is 16.1 Å². The van der Waals surface area contributed by atoms with E-state index < -0.39 is 17.6 Å². The first kappa shape index (κ1) is 27.8. The molecule has 0 bridgehead atoms. The highest BCUT2D eigenvalue weighted by Gasteiger charge is 2.40. The van der Waals surface area contributed by atoms with Crippen LogP contribution in [0.3, 0.4) is 0 Å². The minimum atomic E-state index is -0.420. The molecular weight excluding hydrogens is 511 g/mol. The lowest BCUT2D eigenvalue weighted by Gasteiger charge is -2.39. The van der Waals surface area contributed by atoms with Crippen LogP contribution in [0.2, 0.25) is 0 Å². The fourth-order valence-corrected chi connectivity index (χ4v) is 6.37. The summed E-state index contributed by atoms with van der Waals surface area (Å²) < 4.78 is 13.7. The minimum Gasteiger partial charge on any atom is -0.370 e. The van der Waals surface area contributed by atoms with Gasteiger partial charge in [-0.3, -0.25) is 24.1 Å². The molecule has 0 radical (unpaired) electrons. The zero-order valence-electron chi connectivity index (χ0n) is 23.3. The van der Waals surface area contributed by atoms with Crippen molar-refractivity contribution in [1.82, 2.24) is 14.7 Å². The number of fused-ring (bicyclic) bond motifs is 1. The van der Waals surface area contributed by atoms with Crippen LogP contribution in [0.4, 0.5) is 10.1 Å². The lowest BCUT2D eigenvalue weighted by atomic mass is 9.91. The molecule has 0 N–H and O–H groups in total. The molecule has 9 heteroatoms. The summed E-state index contributed by atoms with van der Waals surface area (Å²) >= 11 is 0. The van der Waals surface area contributed by atoms with Crippen molar-refractivity contribution in [2.45, 2.75) is 46.1 Å². The molecule has 5 rings (SSSR count). The maximum absolute atomic E-state index is 13.7. The van der Waals surface area contributed by atoms with Gasteiger partial charge in [0.15, 0.2) is 0 Å². The van der Waals surface area contributed by atoms with Crippen LogP contribution in [0, 0.1) is 17.7 Å². The van der Waals surface area contributed by atoms with E-state index >= 15 is 0 Å². The van der Waals surface area contributed by atoms with Gasteiger partial charge in [-0.25, -0.2) is 4.39 Å². The molecule has 0 unspecified atom stereocenters. The zero-order chi connectivity index (χ0) is 28.4. The largest absolute Gasteiger partial charge is 0.370 e. The van der Waals surface area contributed by atoms with Crippen molar-refractivity contribution < 1.29 is 23.6 Å². The molecule has 0 spiro atoms. The number of nitrogens with zero attached hydrogens (tertiary/aromatic N) is 4. The Kier molecular flexibility index (Phi) is 8.19. The second-order valence-corrected chi connectivity index (χ2v) is 10.9. The van der Waals surface area contributed by atoms with Crippen LogP contribution in [0.15, 0.2) is 42.5 Å². The Bertz CT molecular complexity index is 1310. The van der Waals surface area contributed by atoms with Gasteiger partial charge in [0.25, 0.3) is 11.8 Å². The topological polar surface area (TPSA) is 81.2 Å². The number of imide groups is 1. The van der Waals surface area contributed by atoms with E-state index in [1.165, 1.54) is 12.1 Å². The van der Waals surface area contributed by atoms with E-state index in [4.69, 9.17) is 0 Å². The number of anilines is 1. The Balaban J connectivity index is 1.31. The Hall–Kier alpha value is -3.75. The number of hydrogen-bond acceptors (Lipinski definition) is 5. The summed E-state index contributed by atoms with van der Waals surface area (Å²) in [5.41, 5.74) is 1.88. The van der Waals surface area contributed by atoms with Crippen LogP contribution in [0.25, 0.3) is 0 Å². The minimum absolute atomic E-state index is 0.00695. The van der Waals surface area contributed by atoms with E-state index in [-0.39, 0.29) is 30.2 Å². The quantitative estimate of drug-likeness (QED) is 0.490. The lowest BCUT2D eigenvalue weighted by Crippen LogP contribution is -2.50. The van der Waals surface area contributed by atoms with Crippen molar-refractivity contribution in [1.29, 1.82) is 0 Å². The Morgan fingerprint density at radius 1 is 0.925 bits per heavy atom. The fraction of sp³-hybridized carbons (Fsp3) is 0.484. The van der Waals surface area contributed by atoms with Crippen molar-refractivity contribution in [3.05, 3.63) is 65.0 Å². The molecule has 2 saturated heterocycles. The highest BCUT2D eigenvalue weighted by atomic mass is 19.1. The molecular formula is C31H37FN4O4. The van der Waals surface area contributed by atoms with Gasteiger partial charge in [-0.05, 0) is 69.4 Å². The number of halogens is 1. The van der Waals surface area contributed by atoms with E-state index in [9.17, 15) is 23.6 Å². The van der Waals surface area contributed by atoms with Crippen LogP contribution in [0.5, 0.6) is 0 Å². The highest BCUT2D eigenvalue weighted by Crippen LogP contribution is 2.35. The van der Waals surface area contributed by atoms with Gasteiger partial charge in [-0.1, -0.05) is 18.2 Å². The van der Waals surface area contributed by atoms with Gasteiger partial charge in [0.2, 0.25) is 11.8 Å². The SMILES string of the molecule is CCN(CC)C(=O)[C@H]1CCCN(C(=O)[C@H]2CCCN(c3cccc4c3C(=O)N(Cc3cccc(F)c3)C4=O)C2)C1. The molecule has 0 aliphatic carbocycles. The van der Waals surface area contributed by atoms with Gasteiger partial charge in [0, 0.05) is 39.3 Å². The number of amides is 4. The molecule has 2 fully saturated rings. The Morgan fingerprint density at radius 2 is 1.65 bits per heavy atom. The molecule has 40 heavy (non-hydrogen) atoms. The number of piperidine rings is 2. The predicted octanol–water partition coefficient (Wildman–Crippen LogP) is 3.95. The van der Waals surface area contributed by atoms with Gasteiger partial charge in [0.05, 0.1) is 35.2 Å². The third-order valence-electron chi connectivity index (χ3n) is 8.48. The second-order valence-electron chi connectivity index (χ2n) is 10.9. The lowest BCUT2D eigenvalue weighted by molar-refractivity contribution is -0.142. The van der Waals surface area contributed by atoms with Gasteiger partial charge < -0.3 is 14.7 Å². The molecule has 4 amide bonds. The first-order valence-corrected chi connectivity index (χ1v) is 14.4. The van der Waals surface area contributed by atoms with Crippen LogP contribution in [0.1, 0.15) is 65.8 Å². The molecule has 2 atom stereocenters. The van der Waals surface area contributed by atoms with Gasteiger partial charge in [0.1, 0.15) is 5.82 Å². The summed E-state index contributed by atoms with van der Waals surface area (Å²) in [7, 11) is 0. The summed E-state index contributed by atoms with van der Waals surface area (Å²) in [4.78, 5) is 60.2. The Morgan fingerprint density at radius 3 is 2.40 bits per heavy atom. The molecule has 0 saturated carbocycles. The van der Waals surface area contributed by atoms with Crippen molar-refractivity contribution in [2.24, 2.45) is 11.8 Å². The Labute approximate surface area is 234 Å². The molecule has 212 valence electrons. The normalized spacial score (nSPS) is 21.0. The highest BCUT2D eigenvalue weighted by molar-refractivity contribution is 6.23. The summed E-state index contributed by atoms with van der Waals surface area (Å²) in [5.74, 6) is -1.45. The number of carbonyl (C=O) groups excluding carboxylic acids is 4. The smallest absolute Gasteiger partial charge is 0.263 e. The summed E-state index contributed by atoms with van der Waals surface area (Å²) in [6, 6.07) is 11.2. The first-order valence-electron chi connectivity index (χ1n) is 14.4. The summed E-state index contributed by atoms with van der Waals surface area (Å²) in [6.45, 7) is 7.51.